The summed E-state index contributed by atoms with van der Waals surface area (Å²) in [6.45, 7) is 0.970. The van der Waals surface area contributed by atoms with E-state index in [2.05, 4.69) is 15.3 Å². The highest BCUT2D eigenvalue weighted by Crippen LogP contribution is 2.40. The lowest BCUT2D eigenvalue weighted by molar-refractivity contribution is -0.111. The molecule has 0 spiro atoms. The highest BCUT2D eigenvalue weighted by molar-refractivity contribution is 6.02. The van der Waals surface area contributed by atoms with Gasteiger partial charge in [0.15, 0.2) is 11.5 Å². The van der Waals surface area contributed by atoms with E-state index >= 15 is 0 Å². The van der Waals surface area contributed by atoms with E-state index in [1.54, 1.807) is 31.6 Å². The van der Waals surface area contributed by atoms with Crippen LogP contribution in [0.3, 0.4) is 0 Å². The van der Waals surface area contributed by atoms with Crippen LogP contribution in [0.25, 0.3) is 17.5 Å². The summed E-state index contributed by atoms with van der Waals surface area (Å²) in [5, 5.41) is 2.83. The second-order valence-electron chi connectivity index (χ2n) is 6.09. The normalized spacial score (nSPS) is 12.8. The number of aromatic amines is 1. The zero-order valence-electron chi connectivity index (χ0n) is 15.3. The topological polar surface area (TPSA) is 85.5 Å². The summed E-state index contributed by atoms with van der Waals surface area (Å²) in [6.07, 6.45) is 6.63. The van der Waals surface area contributed by atoms with Gasteiger partial charge >= 0.3 is 0 Å². The molecule has 0 radical (unpaired) electrons. The lowest BCUT2D eigenvalue weighted by Crippen LogP contribution is -2.16. The van der Waals surface area contributed by atoms with Crippen LogP contribution in [0.5, 0.6) is 17.2 Å². The zero-order valence-corrected chi connectivity index (χ0v) is 15.3. The molecule has 1 aliphatic rings. The molecule has 1 aliphatic heterocycles. The van der Waals surface area contributed by atoms with Crippen molar-refractivity contribution < 1.29 is 19.0 Å². The van der Waals surface area contributed by atoms with Gasteiger partial charge in [-0.15, -0.1) is 0 Å². The number of amides is 1. The molecule has 142 valence electrons. The quantitative estimate of drug-likeness (QED) is 0.665. The number of nitrogens with zero attached hydrogens (tertiary/aromatic N) is 1. The third kappa shape index (κ3) is 3.83. The third-order valence-corrected chi connectivity index (χ3v) is 4.20. The molecule has 1 aromatic heterocycles. The van der Waals surface area contributed by atoms with Crippen LogP contribution < -0.4 is 19.5 Å². The average Bonchev–Trinajstić information content (AvgIpc) is 3.27. The molecule has 0 aliphatic carbocycles. The number of nitrogens with one attached hydrogen (secondary N) is 2. The molecule has 7 nitrogen and oxygen atoms in total. The van der Waals surface area contributed by atoms with Gasteiger partial charge in [0.1, 0.15) is 19.0 Å². The molecule has 3 aromatic rings. The number of imidazole rings is 1. The van der Waals surface area contributed by atoms with Gasteiger partial charge in [-0.2, -0.15) is 0 Å². The van der Waals surface area contributed by atoms with Gasteiger partial charge in [0, 0.05) is 29.7 Å². The van der Waals surface area contributed by atoms with E-state index in [0.717, 1.165) is 17.0 Å². The summed E-state index contributed by atoms with van der Waals surface area (Å²) in [5.41, 5.74) is 2.43. The monoisotopic (exact) mass is 377 g/mol. The molecule has 2 heterocycles. The SMILES string of the molecule is COc1cc(C=CC(=O)Nc2ccc(-c3ncc[nH]3)cc2)cc2c1OCCO2. The first-order valence-corrected chi connectivity index (χ1v) is 8.79. The Labute approximate surface area is 162 Å². The average molecular weight is 377 g/mol. The number of anilines is 1. The van der Waals surface area contributed by atoms with Gasteiger partial charge in [-0.05, 0) is 48.0 Å². The van der Waals surface area contributed by atoms with E-state index in [0.29, 0.717) is 36.1 Å². The van der Waals surface area contributed by atoms with Gasteiger partial charge in [0.05, 0.1) is 7.11 Å². The maximum Gasteiger partial charge on any atom is 0.248 e. The van der Waals surface area contributed by atoms with Crippen LogP contribution in [0, 0.1) is 0 Å². The van der Waals surface area contributed by atoms with Crippen LogP contribution in [-0.2, 0) is 4.79 Å². The molecule has 2 aromatic carbocycles. The van der Waals surface area contributed by atoms with Crippen LogP contribution in [0.15, 0.2) is 54.9 Å². The molecule has 7 heteroatoms. The minimum Gasteiger partial charge on any atom is -0.493 e. The lowest BCUT2D eigenvalue weighted by atomic mass is 10.1. The number of carbonyl (C=O) groups is 1. The Balaban J connectivity index is 1.44. The number of fused-ring (bicyclic) bond motifs is 1. The molecule has 0 fully saturated rings. The van der Waals surface area contributed by atoms with Crippen molar-refractivity contribution in [2.75, 3.05) is 25.6 Å². The van der Waals surface area contributed by atoms with Crippen molar-refractivity contribution in [3.05, 3.63) is 60.4 Å². The van der Waals surface area contributed by atoms with Gasteiger partial charge in [-0.25, -0.2) is 4.98 Å². The fraction of sp³-hybridized carbons (Fsp3) is 0.143. The van der Waals surface area contributed by atoms with Crippen molar-refractivity contribution >= 4 is 17.7 Å². The molecule has 0 saturated heterocycles. The summed E-state index contributed by atoms with van der Waals surface area (Å²) < 4.78 is 16.5. The fourth-order valence-corrected chi connectivity index (χ4v) is 2.88. The van der Waals surface area contributed by atoms with Gasteiger partial charge in [0.25, 0.3) is 0 Å². The number of aromatic nitrogens is 2. The first-order chi connectivity index (χ1) is 13.7. The number of hydrogen-bond donors (Lipinski definition) is 2. The highest BCUT2D eigenvalue weighted by Gasteiger charge is 2.17. The van der Waals surface area contributed by atoms with E-state index < -0.39 is 0 Å². The van der Waals surface area contributed by atoms with E-state index in [1.807, 2.05) is 30.3 Å². The van der Waals surface area contributed by atoms with Crippen molar-refractivity contribution in [2.24, 2.45) is 0 Å². The Hall–Kier alpha value is -3.74. The summed E-state index contributed by atoms with van der Waals surface area (Å²) in [7, 11) is 1.57. The summed E-state index contributed by atoms with van der Waals surface area (Å²) in [5.74, 6) is 2.32. The Morgan fingerprint density at radius 1 is 1.21 bits per heavy atom. The Bertz CT molecular complexity index is 978. The molecule has 0 bridgehead atoms. The van der Waals surface area contributed by atoms with Crippen LogP contribution in [0.4, 0.5) is 5.69 Å². The van der Waals surface area contributed by atoms with Crippen molar-refractivity contribution in [1.29, 1.82) is 0 Å². The van der Waals surface area contributed by atoms with E-state index in [4.69, 9.17) is 14.2 Å². The predicted octanol–water partition coefficient (Wildman–Crippen LogP) is 3.51. The summed E-state index contributed by atoms with van der Waals surface area (Å²) >= 11 is 0. The first kappa shape index (κ1) is 17.7. The van der Waals surface area contributed by atoms with Crippen LogP contribution in [0.1, 0.15) is 5.56 Å². The standard InChI is InChI=1S/C21H19N3O4/c1-26-17-12-14(13-18-20(17)28-11-10-27-18)2-7-19(25)24-16-5-3-15(4-6-16)21-22-8-9-23-21/h2-9,12-13H,10-11H2,1H3,(H,22,23)(H,24,25). The number of methoxy groups -OCH3 is 1. The maximum atomic E-state index is 12.2. The van der Waals surface area contributed by atoms with Crippen molar-refractivity contribution in [3.63, 3.8) is 0 Å². The fourth-order valence-electron chi connectivity index (χ4n) is 2.88. The number of H-pyrrole nitrogens is 1. The molecule has 0 saturated carbocycles. The van der Waals surface area contributed by atoms with Gasteiger partial charge < -0.3 is 24.5 Å². The molecule has 4 rings (SSSR count). The van der Waals surface area contributed by atoms with Crippen molar-refractivity contribution in [1.82, 2.24) is 9.97 Å². The van der Waals surface area contributed by atoms with Crippen LogP contribution >= 0.6 is 0 Å². The molecule has 2 N–H and O–H groups in total. The van der Waals surface area contributed by atoms with Gasteiger partial charge in [-0.1, -0.05) is 0 Å². The van der Waals surface area contributed by atoms with Gasteiger partial charge in [0.2, 0.25) is 11.7 Å². The number of ether oxygens (including phenoxy) is 3. The smallest absolute Gasteiger partial charge is 0.248 e. The Morgan fingerprint density at radius 3 is 2.79 bits per heavy atom. The second kappa shape index (κ2) is 7.87. The molecule has 0 atom stereocenters. The Morgan fingerprint density at radius 2 is 2.04 bits per heavy atom. The molecule has 28 heavy (non-hydrogen) atoms. The van der Waals surface area contributed by atoms with E-state index in [-0.39, 0.29) is 5.91 Å². The van der Waals surface area contributed by atoms with E-state index in [9.17, 15) is 4.79 Å². The minimum absolute atomic E-state index is 0.236. The summed E-state index contributed by atoms with van der Waals surface area (Å²) in [4.78, 5) is 19.5. The molecular weight excluding hydrogens is 358 g/mol. The van der Waals surface area contributed by atoms with E-state index in [1.165, 1.54) is 6.08 Å². The number of rotatable bonds is 5. The van der Waals surface area contributed by atoms with Crippen molar-refractivity contribution in [2.45, 2.75) is 0 Å². The minimum atomic E-state index is -0.236. The van der Waals surface area contributed by atoms with Gasteiger partial charge in [-0.3, -0.25) is 4.79 Å². The molecule has 1 amide bonds. The number of carbonyl (C=O) groups excluding carboxylic acids is 1. The van der Waals surface area contributed by atoms with Crippen LogP contribution in [-0.4, -0.2) is 36.2 Å². The summed E-state index contributed by atoms with van der Waals surface area (Å²) in [6, 6.07) is 11.1. The largest absolute Gasteiger partial charge is 0.493 e. The second-order valence-corrected chi connectivity index (χ2v) is 6.09. The van der Waals surface area contributed by atoms with Crippen LogP contribution in [0.2, 0.25) is 0 Å². The highest BCUT2D eigenvalue weighted by atomic mass is 16.6. The third-order valence-electron chi connectivity index (χ3n) is 4.20. The maximum absolute atomic E-state index is 12.2. The molecular formula is C21H19N3O4. The number of benzene rings is 2. The lowest BCUT2D eigenvalue weighted by Gasteiger charge is -2.20. The Kier molecular flexibility index (Phi) is 4.97. The van der Waals surface area contributed by atoms with Crippen molar-refractivity contribution in [3.8, 4) is 28.6 Å². The number of hydrogen-bond acceptors (Lipinski definition) is 5. The zero-order chi connectivity index (χ0) is 19.3. The first-order valence-electron chi connectivity index (χ1n) is 8.79. The molecule has 0 unspecified atom stereocenters. The predicted molar refractivity (Wildman–Crippen MR) is 106 cm³/mol.